The van der Waals surface area contributed by atoms with Gasteiger partial charge in [-0.1, -0.05) is 0 Å². The number of hydrogen-bond acceptors (Lipinski definition) is 25. The summed E-state index contributed by atoms with van der Waals surface area (Å²) in [6.07, 6.45) is 17.4. The molecule has 0 aliphatic carbocycles. The van der Waals surface area contributed by atoms with Gasteiger partial charge in [0.1, 0.15) is 74.6 Å². The number of aliphatic carboxylic acids is 1. The number of carboxylic acid groups (broad SMARTS) is 1. The van der Waals surface area contributed by atoms with Gasteiger partial charge in [0.2, 0.25) is 5.91 Å². The molecule has 8 heterocycles. The van der Waals surface area contributed by atoms with Crippen molar-refractivity contribution in [2.75, 3.05) is 40.5 Å². The van der Waals surface area contributed by atoms with Gasteiger partial charge < -0.3 is 74.4 Å². The molecule has 118 heavy (non-hydrogen) atoms. The fraction of sp³-hybridized carbons (Fsp3) is 0.453. The molecule has 0 bridgehead atoms. The number of nitrogens with one attached hydrogen (secondary N) is 3. The minimum absolute atomic E-state index is 0.0564. The topological polar surface area (TPSA) is 416 Å². The molecular weight excluding hydrogens is 1540 g/mol. The van der Waals surface area contributed by atoms with E-state index in [4.69, 9.17) is 48.7 Å². The second kappa shape index (κ2) is 57.2. The number of amides is 5. The third-order valence-electron chi connectivity index (χ3n) is 13.6. The van der Waals surface area contributed by atoms with Crippen molar-refractivity contribution in [2.24, 2.45) is 5.73 Å². The lowest BCUT2D eigenvalue weighted by molar-refractivity contribution is -0.137. The van der Waals surface area contributed by atoms with Crippen LogP contribution >= 0.6 is 0 Å². The predicted molar refractivity (Wildman–Crippen MR) is 453 cm³/mol. The fourth-order valence-electron chi connectivity index (χ4n) is 8.70. The first-order valence-electron chi connectivity index (χ1n) is 38.7. The number of carbonyl (C=O) groups excluding carboxylic acids is 6. The molecule has 0 saturated heterocycles. The first-order valence-corrected chi connectivity index (χ1v) is 40.6. The Kier molecular flexibility index (Phi) is 50.4. The molecule has 8 aromatic rings. The molecule has 32 heteroatoms. The van der Waals surface area contributed by atoms with Crippen molar-refractivity contribution >= 4 is 51.1 Å². The first-order chi connectivity index (χ1) is 55.5. The van der Waals surface area contributed by atoms with Gasteiger partial charge in [0.15, 0.2) is 14.9 Å². The van der Waals surface area contributed by atoms with Gasteiger partial charge in [-0.3, -0.25) is 43.7 Å². The highest BCUT2D eigenvalue weighted by Gasteiger charge is 2.14. The maximum absolute atomic E-state index is 11.5. The van der Waals surface area contributed by atoms with Gasteiger partial charge >= 0.3 is 5.97 Å². The van der Waals surface area contributed by atoms with E-state index in [0.29, 0.717) is 102 Å². The summed E-state index contributed by atoms with van der Waals surface area (Å²) in [5.41, 5.74) is 9.24. The zero-order chi connectivity index (χ0) is 89.0. The van der Waals surface area contributed by atoms with Crippen molar-refractivity contribution in [1.82, 2.24) is 60.7 Å². The number of hydrogen-bond donors (Lipinski definition) is 5. The van der Waals surface area contributed by atoms with E-state index < -0.39 is 15.8 Å². The standard InChI is InChI=1S/C12H17NO2.4C11H16N2O2.C11H15NO3.C10H14N2O2.C9H13NO3S/c1-9(2)15-12-7-6-11(13-8-12)5-4-10(3)14;1-8(2)15-9-5-6-10(12-7-9)11(14)13(3)4;1-8(2)15-10-5-3-9(13-7-10)4-6-11(12)14;2*1-4-12-11(14)10-6-5-9(7-13-10)15-8(2)3;1-8(2)15-10-5-3-9(12-7-10)4-6-11(13)14;1-7(2)14-8-4-5-9(12-6-8)10(13)11-3;1-7(2)13-8-4-5-9(10-6-8)14(3,11)12/h6-9H,4-5H2,1-3H3;5-8H,1-4H3;3,5,7-8H,4,6H2,1-2H3,(H2,12,14);2*5-8H,4H2,1-3H3,(H,12,14);3,5,7-8H,4,6H2,1-2H3,(H,13,14);4-7H,1-3H3,(H,11,13);4-7H,1-3H3. The van der Waals surface area contributed by atoms with E-state index in [0.717, 1.165) is 34.8 Å². The van der Waals surface area contributed by atoms with Crippen LogP contribution in [-0.2, 0) is 43.5 Å². The first kappa shape index (κ1) is 104. The average Bonchev–Trinajstić information content (AvgIpc) is 0.849. The number of nitrogens with zero attached hydrogens (tertiary/aromatic N) is 9. The number of carbonyl (C=O) groups is 7. The monoisotopic (exact) mass is 1660 g/mol. The number of aryl methyl sites for hydroxylation is 3. The third-order valence-corrected chi connectivity index (χ3v) is 14.6. The number of carboxylic acids is 1. The molecule has 0 atom stereocenters. The SMILES string of the molecule is CC(=O)CCc1ccc(OC(C)C)cn1.CC(C)Oc1ccc(C(=O)N(C)C)nc1.CC(C)Oc1ccc(CCC(=O)O)nc1.CC(C)Oc1ccc(CCC(N)=O)nc1.CC(C)Oc1ccc(S(C)(=O)=O)nc1.CCNC(=O)c1ccc(OC(C)C)cn1.CCNC(=O)c1ccc(OC(C)C)cn1.CNC(=O)c1ccc(OC(C)C)cn1. The van der Waals surface area contributed by atoms with Crippen molar-refractivity contribution in [2.45, 2.75) is 224 Å². The lowest BCUT2D eigenvalue weighted by Gasteiger charge is -2.11. The molecule has 0 radical (unpaired) electrons. The molecule has 0 aliphatic rings. The highest BCUT2D eigenvalue weighted by Crippen LogP contribution is 2.19. The number of nitrogens with two attached hydrogens (primary N) is 1. The summed E-state index contributed by atoms with van der Waals surface area (Å²) in [5.74, 6) is 3.98. The van der Waals surface area contributed by atoms with Crippen molar-refractivity contribution in [3.63, 3.8) is 0 Å². The highest BCUT2D eigenvalue weighted by molar-refractivity contribution is 7.90. The normalized spacial score (nSPS) is 10.4. The summed E-state index contributed by atoms with van der Waals surface area (Å²) in [5, 5.41) is 16.4. The summed E-state index contributed by atoms with van der Waals surface area (Å²) in [6, 6.07) is 27.7. The quantitative estimate of drug-likeness (QED) is 0.0261. The van der Waals surface area contributed by atoms with Gasteiger partial charge in [0, 0.05) is 76.8 Å². The van der Waals surface area contributed by atoms with E-state index in [1.165, 1.54) is 17.2 Å². The van der Waals surface area contributed by atoms with Gasteiger partial charge in [0.05, 0.1) is 105 Å². The number of ether oxygens (including phenoxy) is 8. The molecule has 8 rings (SSSR count). The molecule has 0 aromatic carbocycles. The van der Waals surface area contributed by atoms with E-state index in [1.54, 1.807) is 132 Å². The number of sulfone groups is 1. The third kappa shape index (κ3) is 49.7. The summed E-state index contributed by atoms with van der Waals surface area (Å²) >= 11 is 0. The molecule has 0 saturated carbocycles. The number of primary amides is 1. The summed E-state index contributed by atoms with van der Waals surface area (Å²) in [4.78, 5) is 111. The lowest BCUT2D eigenvalue weighted by atomic mass is 10.2. The van der Waals surface area contributed by atoms with Gasteiger partial charge in [-0.05, 0) is 241 Å². The Morgan fingerprint density at radius 2 is 0.636 bits per heavy atom. The smallest absolute Gasteiger partial charge is 0.303 e. The second-order valence-corrected chi connectivity index (χ2v) is 29.9. The molecule has 0 unspecified atom stereocenters. The average molecular weight is 1660 g/mol. The van der Waals surface area contributed by atoms with Crippen LogP contribution in [0.1, 0.15) is 210 Å². The fourth-order valence-corrected chi connectivity index (χ4v) is 9.26. The van der Waals surface area contributed by atoms with Gasteiger partial charge in [0.25, 0.3) is 23.6 Å². The van der Waals surface area contributed by atoms with Crippen LogP contribution in [0.3, 0.4) is 0 Å². The van der Waals surface area contributed by atoms with Crippen LogP contribution in [0.4, 0.5) is 0 Å². The molecule has 0 aliphatic heterocycles. The van der Waals surface area contributed by atoms with E-state index in [-0.39, 0.29) is 95.6 Å². The largest absolute Gasteiger partial charge is 0.489 e. The Hall–Kier alpha value is -12.0. The zero-order valence-electron chi connectivity index (χ0n) is 72.5. The molecular formula is C86H123N13O18S. The number of aromatic nitrogens is 8. The zero-order valence-corrected chi connectivity index (χ0v) is 73.3. The Balaban J connectivity index is 0.000000674. The van der Waals surface area contributed by atoms with Crippen LogP contribution in [0.25, 0.3) is 0 Å². The second-order valence-electron chi connectivity index (χ2n) is 28.0. The van der Waals surface area contributed by atoms with Crippen molar-refractivity contribution < 1.29 is 85.0 Å². The number of Topliss-reactive ketones (excluding diaryl/α,β-unsaturated/α-hetero) is 1. The van der Waals surface area contributed by atoms with Gasteiger partial charge in [-0.15, -0.1) is 0 Å². The molecule has 0 fully saturated rings. The van der Waals surface area contributed by atoms with Crippen molar-refractivity contribution in [3.8, 4) is 46.0 Å². The van der Waals surface area contributed by atoms with Crippen LogP contribution in [0.15, 0.2) is 152 Å². The molecule has 6 N–H and O–H groups in total. The van der Waals surface area contributed by atoms with Gasteiger partial charge in [-0.2, -0.15) is 0 Å². The van der Waals surface area contributed by atoms with Crippen molar-refractivity contribution in [3.05, 3.63) is 186 Å². The Bertz CT molecular complexity index is 4060. The Morgan fingerprint density at radius 3 is 0.839 bits per heavy atom. The summed E-state index contributed by atoms with van der Waals surface area (Å²) < 4.78 is 65.4. The van der Waals surface area contributed by atoms with Crippen LogP contribution in [0.5, 0.6) is 46.0 Å². The maximum atomic E-state index is 11.5. The van der Waals surface area contributed by atoms with E-state index in [2.05, 4.69) is 55.8 Å². The van der Waals surface area contributed by atoms with E-state index >= 15 is 0 Å². The van der Waals surface area contributed by atoms with Crippen LogP contribution < -0.4 is 59.6 Å². The molecule has 5 amide bonds. The molecule has 31 nitrogen and oxygen atoms in total. The number of rotatable bonds is 32. The lowest BCUT2D eigenvalue weighted by Crippen LogP contribution is -2.23. The van der Waals surface area contributed by atoms with Crippen LogP contribution in [0.2, 0.25) is 0 Å². The predicted octanol–water partition coefficient (Wildman–Crippen LogP) is 12.9. The van der Waals surface area contributed by atoms with E-state index in [9.17, 15) is 42.0 Å². The minimum atomic E-state index is -3.21. The molecule has 0 spiro atoms. The van der Waals surface area contributed by atoms with Crippen LogP contribution in [-0.4, -0.2) is 189 Å². The van der Waals surface area contributed by atoms with E-state index in [1.807, 2.05) is 155 Å². The Labute approximate surface area is 696 Å². The molecule has 8 aromatic heterocycles. The van der Waals surface area contributed by atoms with Gasteiger partial charge in [-0.25, -0.2) is 33.3 Å². The highest BCUT2D eigenvalue weighted by atomic mass is 32.2. The number of pyridine rings is 8. The Morgan fingerprint density at radius 1 is 0.381 bits per heavy atom. The van der Waals surface area contributed by atoms with Crippen molar-refractivity contribution in [1.29, 1.82) is 0 Å². The molecule has 646 valence electrons. The van der Waals surface area contributed by atoms with Crippen LogP contribution in [0, 0.1) is 0 Å². The maximum Gasteiger partial charge on any atom is 0.303 e. The summed E-state index contributed by atoms with van der Waals surface area (Å²) in [7, 11) is 1.75. The number of ketones is 1. The summed E-state index contributed by atoms with van der Waals surface area (Å²) in [6.45, 7) is 37.6. The minimum Gasteiger partial charge on any atom is -0.489 e.